The van der Waals surface area contributed by atoms with E-state index in [1.165, 1.54) is 29.2 Å². The van der Waals surface area contributed by atoms with E-state index >= 15 is 0 Å². The second-order valence-electron chi connectivity index (χ2n) is 4.96. The first kappa shape index (κ1) is 19.9. The van der Waals surface area contributed by atoms with Crippen molar-refractivity contribution < 1.29 is 9.18 Å². The summed E-state index contributed by atoms with van der Waals surface area (Å²) < 4.78 is 18.2. The molecule has 0 fully saturated rings. The molecule has 2 aromatic heterocycles. The van der Waals surface area contributed by atoms with Gasteiger partial charge in [-0.05, 0) is 30.3 Å². The average molecular weight is 438 g/mol. The number of benzene rings is 1. The summed E-state index contributed by atoms with van der Waals surface area (Å²) in [7, 11) is 1.91. The smallest absolute Gasteiger partial charge is 0.153 e. The predicted octanol–water partition coefficient (Wildman–Crippen LogP) is 4.40. The lowest BCUT2D eigenvalue weighted by molar-refractivity contribution is 0.112. The van der Waals surface area contributed by atoms with Gasteiger partial charge in [0, 0.05) is 35.3 Å². The van der Waals surface area contributed by atoms with Crippen molar-refractivity contribution in [2.24, 2.45) is 0 Å². The first-order chi connectivity index (χ1) is 12.5. The highest BCUT2D eigenvalue weighted by molar-refractivity contribution is 9.10. The normalized spacial score (nSPS) is 9.85. The Hall–Kier alpha value is -2.39. The summed E-state index contributed by atoms with van der Waals surface area (Å²) >= 11 is 5.02. The average Bonchev–Trinajstić information content (AvgIpc) is 3.12. The van der Waals surface area contributed by atoms with Gasteiger partial charge in [0.2, 0.25) is 0 Å². The van der Waals surface area contributed by atoms with E-state index in [1.807, 2.05) is 25.4 Å². The minimum absolute atomic E-state index is 0.406. The van der Waals surface area contributed by atoms with Gasteiger partial charge < -0.3 is 10.0 Å². The molecule has 2 N–H and O–H groups in total. The molecule has 0 atom stereocenters. The number of hydrogen-bond donors (Lipinski definition) is 2. The number of aldehydes is 1. The zero-order valence-corrected chi connectivity index (χ0v) is 16.5. The van der Waals surface area contributed by atoms with E-state index < -0.39 is 5.82 Å². The summed E-state index contributed by atoms with van der Waals surface area (Å²) in [6.45, 7) is 0. The van der Waals surface area contributed by atoms with Gasteiger partial charge in [-0.3, -0.25) is 4.79 Å². The number of anilines is 2. The van der Waals surface area contributed by atoms with Crippen molar-refractivity contribution in [3.63, 3.8) is 0 Å². The summed E-state index contributed by atoms with van der Waals surface area (Å²) in [5, 5.41) is 6.97. The second kappa shape index (κ2) is 9.93. The minimum atomic E-state index is -0.406. The third-order valence-electron chi connectivity index (χ3n) is 3.09. The highest BCUT2D eigenvalue weighted by atomic mass is 79.9. The number of hydrogen-bond acceptors (Lipinski definition) is 6. The number of rotatable bonds is 5. The molecule has 3 rings (SSSR count). The molecule has 0 spiro atoms. The van der Waals surface area contributed by atoms with E-state index in [1.54, 1.807) is 11.9 Å². The maximum Gasteiger partial charge on any atom is 0.153 e. The van der Waals surface area contributed by atoms with E-state index in [0.717, 1.165) is 22.0 Å². The lowest BCUT2D eigenvalue weighted by atomic mass is 10.3. The molecule has 136 valence electrons. The Morgan fingerprint density at radius 2 is 2.00 bits per heavy atom. The van der Waals surface area contributed by atoms with Gasteiger partial charge in [-0.1, -0.05) is 27.9 Å². The number of nitrogens with one attached hydrogen (secondary N) is 2. The summed E-state index contributed by atoms with van der Waals surface area (Å²) in [5.74, 6) is 0.0658. The van der Waals surface area contributed by atoms with Crippen molar-refractivity contribution in [1.82, 2.24) is 14.8 Å². The molecule has 6 nitrogen and oxygen atoms in total. The molecule has 0 radical (unpaired) electrons. The Kier molecular flexibility index (Phi) is 7.61. The quantitative estimate of drug-likeness (QED) is 0.455. The fourth-order valence-electron chi connectivity index (χ4n) is 1.94. The summed E-state index contributed by atoms with van der Waals surface area (Å²) in [4.78, 5) is 14.2. The Morgan fingerprint density at radius 3 is 2.58 bits per heavy atom. The van der Waals surface area contributed by atoms with Crippen molar-refractivity contribution in [3.8, 4) is 5.82 Å². The third-order valence-corrected chi connectivity index (χ3v) is 3.99. The predicted molar refractivity (Wildman–Crippen MR) is 108 cm³/mol. The summed E-state index contributed by atoms with van der Waals surface area (Å²) in [6, 6.07) is 8.89. The van der Waals surface area contributed by atoms with Crippen LogP contribution in [-0.2, 0) is 0 Å². The van der Waals surface area contributed by atoms with Crippen molar-refractivity contribution in [2.45, 2.75) is 0 Å². The van der Waals surface area contributed by atoms with Crippen LogP contribution in [0.15, 0.2) is 53.4 Å². The van der Waals surface area contributed by atoms with Gasteiger partial charge in [0.1, 0.15) is 5.82 Å². The number of aromatic nitrogens is 3. The van der Waals surface area contributed by atoms with Crippen LogP contribution in [0.25, 0.3) is 5.82 Å². The van der Waals surface area contributed by atoms with Gasteiger partial charge in [0.05, 0.1) is 18.0 Å². The Balaban J connectivity index is 0.000000190. The van der Waals surface area contributed by atoms with Crippen molar-refractivity contribution in [2.75, 3.05) is 23.3 Å². The van der Waals surface area contributed by atoms with E-state index in [4.69, 9.17) is 0 Å². The van der Waals surface area contributed by atoms with Gasteiger partial charge in [0.25, 0.3) is 0 Å². The van der Waals surface area contributed by atoms with Crippen LogP contribution in [0, 0.1) is 5.82 Å². The van der Waals surface area contributed by atoms with Crippen LogP contribution >= 0.6 is 27.9 Å². The van der Waals surface area contributed by atoms with E-state index in [2.05, 4.69) is 42.1 Å². The van der Waals surface area contributed by atoms with Crippen LogP contribution < -0.4 is 10.0 Å². The van der Waals surface area contributed by atoms with Gasteiger partial charge in [0.15, 0.2) is 12.1 Å². The number of carbonyl (C=O) groups excluding carboxylic acids is 1. The maximum absolute atomic E-state index is 12.5. The largest absolute Gasteiger partial charge is 0.388 e. The van der Waals surface area contributed by atoms with Crippen LogP contribution in [0.3, 0.4) is 0 Å². The minimum Gasteiger partial charge on any atom is -0.388 e. The third kappa shape index (κ3) is 5.85. The summed E-state index contributed by atoms with van der Waals surface area (Å²) in [5.41, 5.74) is 2.65. The Labute approximate surface area is 163 Å². The number of pyridine rings is 1. The lowest BCUT2D eigenvalue weighted by Gasteiger charge is -2.06. The Morgan fingerprint density at radius 1 is 1.23 bits per heavy atom. The number of nitrogens with zero attached hydrogens (tertiary/aromatic N) is 3. The molecule has 0 saturated heterocycles. The molecule has 1 aromatic carbocycles. The maximum atomic E-state index is 12.5. The topological polar surface area (TPSA) is 71.8 Å². The van der Waals surface area contributed by atoms with Crippen LogP contribution in [0.5, 0.6) is 0 Å². The van der Waals surface area contributed by atoms with Gasteiger partial charge >= 0.3 is 0 Å². The second-order valence-corrected chi connectivity index (χ2v) is 6.48. The van der Waals surface area contributed by atoms with Gasteiger partial charge in [-0.2, -0.15) is 5.10 Å². The zero-order chi connectivity index (χ0) is 18.9. The Bertz CT molecular complexity index is 857. The first-order valence-electron chi connectivity index (χ1n) is 7.45. The number of carbonyl (C=O) groups is 1. The SMILES string of the molecule is CNc1cc(Br)cc(NSC)c1.O=Cc1cnn(-c2ccc(F)cn2)c1. The molecule has 0 aliphatic heterocycles. The first-order valence-corrected chi connectivity index (χ1v) is 9.46. The molecular formula is C17H17BrFN5OS. The molecule has 0 unspecified atom stereocenters. The summed E-state index contributed by atoms with van der Waals surface area (Å²) in [6.07, 6.45) is 6.72. The fourth-order valence-corrected chi connectivity index (χ4v) is 2.78. The molecule has 3 aromatic rings. The molecule has 0 aliphatic carbocycles. The highest BCUT2D eigenvalue weighted by Crippen LogP contribution is 2.23. The van der Waals surface area contributed by atoms with Crippen molar-refractivity contribution in [1.29, 1.82) is 0 Å². The van der Waals surface area contributed by atoms with Crippen LogP contribution in [-0.4, -0.2) is 34.4 Å². The van der Waals surface area contributed by atoms with Crippen LogP contribution in [0.1, 0.15) is 10.4 Å². The van der Waals surface area contributed by atoms with Gasteiger partial charge in [-0.15, -0.1) is 0 Å². The van der Waals surface area contributed by atoms with Crippen LogP contribution in [0.4, 0.5) is 15.8 Å². The molecule has 0 amide bonds. The molecule has 0 saturated carbocycles. The molecule has 0 bridgehead atoms. The molecule has 0 aliphatic rings. The van der Waals surface area contributed by atoms with E-state index in [0.29, 0.717) is 17.7 Å². The molecule has 9 heteroatoms. The monoisotopic (exact) mass is 437 g/mol. The number of halogens is 2. The van der Waals surface area contributed by atoms with Crippen molar-refractivity contribution in [3.05, 3.63) is 64.8 Å². The van der Waals surface area contributed by atoms with Crippen LogP contribution in [0.2, 0.25) is 0 Å². The molecular weight excluding hydrogens is 421 g/mol. The van der Waals surface area contributed by atoms with E-state index in [-0.39, 0.29) is 0 Å². The van der Waals surface area contributed by atoms with Gasteiger partial charge in [-0.25, -0.2) is 14.1 Å². The molecule has 2 heterocycles. The van der Waals surface area contributed by atoms with E-state index in [9.17, 15) is 9.18 Å². The lowest BCUT2D eigenvalue weighted by Crippen LogP contribution is -1.97. The zero-order valence-electron chi connectivity index (χ0n) is 14.1. The fraction of sp³-hybridized carbons (Fsp3) is 0.118. The molecule has 26 heavy (non-hydrogen) atoms. The standard InChI is InChI=1S/C9H6FN3O.C8H11BrN2S/c10-8-1-2-9(11-4-8)13-5-7(6-14)3-12-13;1-10-7-3-6(9)4-8(5-7)11-12-2/h1-6H;3-5,10-11H,1-2H3. The highest BCUT2D eigenvalue weighted by Gasteiger charge is 2.01. The van der Waals surface area contributed by atoms with Crippen molar-refractivity contribution >= 4 is 45.5 Å².